The highest BCUT2D eigenvalue weighted by Gasteiger charge is 2.18. The fourth-order valence-corrected chi connectivity index (χ4v) is 4.77. The van der Waals surface area contributed by atoms with E-state index in [2.05, 4.69) is 31.9 Å². The summed E-state index contributed by atoms with van der Waals surface area (Å²) in [6.45, 7) is 1.70. The molecule has 0 bridgehead atoms. The van der Waals surface area contributed by atoms with Crippen LogP contribution < -0.4 is 16.0 Å². The number of benzene rings is 4. The number of hydrogen-bond acceptors (Lipinski definition) is 4. The highest BCUT2D eigenvalue weighted by atomic mass is 79.9. The molecule has 10 heteroatoms. The van der Waals surface area contributed by atoms with E-state index in [-0.39, 0.29) is 17.3 Å². The van der Waals surface area contributed by atoms with Crippen molar-refractivity contribution in [1.29, 1.82) is 0 Å². The lowest BCUT2D eigenvalue weighted by atomic mass is 10.1. The van der Waals surface area contributed by atoms with Gasteiger partial charge in [0.15, 0.2) is 0 Å². The van der Waals surface area contributed by atoms with Gasteiger partial charge in [-0.25, -0.2) is 8.78 Å². The summed E-state index contributed by atoms with van der Waals surface area (Å²) < 4.78 is 28.0. The first kappa shape index (κ1) is 29.7. The van der Waals surface area contributed by atoms with E-state index in [1.807, 2.05) is 0 Å². The van der Waals surface area contributed by atoms with E-state index in [4.69, 9.17) is 0 Å². The third-order valence-electron chi connectivity index (χ3n) is 5.69. The molecule has 6 nitrogen and oxygen atoms in total. The van der Waals surface area contributed by atoms with Gasteiger partial charge >= 0.3 is 0 Å². The van der Waals surface area contributed by atoms with E-state index in [9.17, 15) is 23.2 Å². The first-order chi connectivity index (χ1) is 19.7. The van der Waals surface area contributed by atoms with E-state index >= 15 is 0 Å². The van der Waals surface area contributed by atoms with Gasteiger partial charge in [-0.1, -0.05) is 46.3 Å². The summed E-state index contributed by atoms with van der Waals surface area (Å²) in [5.74, 6) is -2.39. The van der Waals surface area contributed by atoms with Gasteiger partial charge in [-0.05, 0) is 85.3 Å². The van der Waals surface area contributed by atoms with Crippen LogP contribution >= 0.6 is 27.7 Å². The quantitative estimate of drug-likeness (QED) is 0.133. The fourth-order valence-electron chi connectivity index (χ4n) is 3.57. The molecule has 0 aromatic heterocycles. The highest BCUT2D eigenvalue weighted by Crippen LogP contribution is 2.27. The maximum Gasteiger partial charge on any atom is 0.272 e. The van der Waals surface area contributed by atoms with E-state index in [0.717, 1.165) is 4.90 Å². The molecule has 1 unspecified atom stereocenters. The molecule has 0 saturated carbocycles. The Morgan fingerprint density at radius 2 is 1.54 bits per heavy atom. The molecular weight excluding hydrogens is 612 g/mol. The van der Waals surface area contributed by atoms with Gasteiger partial charge in [0.1, 0.15) is 17.3 Å². The van der Waals surface area contributed by atoms with Crippen LogP contribution in [0, 0.1) is 11.6 Å². The molecule has 0 aliphatic carbocycles. The van der Waals surface area contributed by atoms with E-state index < -0.39 is 28.7 Å². The van der Waals surface area contributed by atoms with E-state index in [1.165, 1.54) is 54.2 Å². The number of carbonyl (C=O) groups is 3. The third kappa shape index (κ3) is 8.60. The van der Waals surface area contributed by atoms with Gasteiger partial charge in [0.2, 0.25) is 5.91 Å². The van der Waals surface area contributed by atoms with Crippen molar-refractivity contribution in [3.05, 3.63) is 130 Å². The minimum atomic E-state index is -0.580. The van der Waals surface area contributed by atoms with Crippen molar-refractivity contribution in [3.63, 3.8) is 0 Å². The predicted molar refractivity (Wildman–Crippen MR) is 161 cm³/mol. The lowest BCUT2D eigenvalue weighted by molar-refractivity contribution is -0.115. The molecule has 41 heavy (non-hydrogen) atoms. The molecule has 0 aliphatic heterocycles. The van der Waals surface area contributed by atoms with Crippen molar-refractivity contribution >= 4 is 62.9 Å². The molecule has 0 fully saturated rings. The molecule has 1 atom stereocenters. The van der Waals surface area contributed by atoms with Crippen LogP contribution in [0.4, 0.5) is 20.2 Å². The maximum atomic E-state index is 14.1. The van der Waals surface area contributed by atoms with Gasteiger partial charge in [-0.15, -0.1) is 11.8 Å². The van der Waals surface area contributed by atoms with Crippen LogP contribution in [-0.2, 0) is 9.59 Å². The molecule has 4 rings (SSSR count). The van der Waals surface area contributed by atoms with Crippen molar-refractivity contribution in [2.45, 2.75) is 17.1 Å². The lowest BCUT2D eigenvalue weighted by Crippen LogP contribution is -2.30. The zero-order valence-corrected chi connectivity index (χ0v) is 24.1. The molecule has 3 amide bonds. The Kier molecular flexibility index (Phi) is 10.0. The number of nitrogens with one attached hydrogen (secondary N) is 3. The summed E-state index contributed by atoms with van der Waals surface area (Å²) in [4.78, 5) is 39.2. The highest BCUT2D eigenvalue weighted by molar-refractivity contribution is 9.10. The summed E-state index contributed by atoms with van der Waals surface area (Å²) in [7, 11) is 0. The standard InChI is InChI=1S/C31H24BrF2N3O3S/c1-19(29(38)36-27-16-9-22(32)18-26(27)34)41-25-14-12-24(13-15-25)35-31(40)28(17-20-7-10-23(33)11-8-20)37-30(39)21-5-3-2-4-6-21/h2-19H,1H3,(H,35,40)(H,36,38)(H,37,39)/b28-17-. The summed E-state index contributed by atoms with van der Waals surface area (Å²) in [6.07, 6.45) is 1.45. The maximum absolute atomic E-state index is 14.1. The summed E-state index contributed by atoms with van der Waals surface area (Å²) in [5.41, 5.74) is 1.40. The van der Waals surface area contributed by atoms with Crippen LogP contribution in [0.15, 0.2) is 112 Å². The summed E-state index contributed by atoms with van der Waals surface area (Å²) in [6, 6.07) is 25.1. The minimum absolute atomic E-state index is 0.0330. The first-order valence-electron chi connectivity index (χ1n) is 12.4. The monoisotopic (exact) mass is 635 g/mol. The molecule has 0 saturated heterocycles. The molecule has 208 valence electrons. The Balaban J connectivity index is 1.42. The van der Waals surface area contributed by atoms with Gasteiger partial charge in [0, 0.05) is 20.6 Å². The zero-order valence-electron chi connectivity index (χ0n) is 21.7. The van der Waals surface area contributed by atoms with Crippen LogP contribution in [0.3, 0.4) is 0 Å². The Morgan fingerprint density at radius 3 is 2.20 bits per heavy atom. The van der Waals surface area contributed by atoms with Gasteiger partial charge in [0.05, 0.1) is 10.9 Å². The van der Waals surface area contributed by atoms with Gasteiger partial charge < -0.3 is 16.0 Å². The average Bonchev–Trinajstić information content (AvgIpc) is 2.96. The van der Waals surface area contributed by atoms with Crippen molar-refractivity contribution in [2.24, 2.45) is 0 Å². The average molecular weight is 637 g/mol. The van der Waals surface area contributed by atoms with Gasteiger partial charge in [0.25, 0.3) is 11.8 Å². The third-order valence-corrected chi connectivity index (χ3v) is 7.30. The zero-order chi connectivity index (χ0) is 29.4. The second kappa shape index (κ2) is 13.9. The summed E-state index contributed by atoms with van der Waals surface area (Å²) >= 11 is 4.45. The van der Waals surface area contributed by atoms with Crippen LogP contribution in [0.1, 0.15) is 22.8 Å². The second-order valence-electron chi connectivity index (χ2n) is 8.78. The largest absolute Gasteiger partial charge is 0.323 e. The molecule has 0 spiro atoms. The molecule has 0 radical (unpaired) electrons. The van der Waals surface area contributed by atoms with Gasteiger partial charge in [-0.3, -0.25) is 14.4 Å². The molecule has 0 aliphatic rings. The number of hydrogen-bond donors (Lipinski definition) is 3. The minimum Gasteiger partial charge on any atom is -0.323 e. The van der Waals surface area contributed by atoms with Crippen molar-refractivity contribution < 1.29 is 23.2 Å². The normalized spacial score (nSPS) is 11.9. The number of anilines is 2. The predicted octanol–water partition coefficient (Wildman–Crippen LogP) is 7.26. The van der Waals surface area contributed by atoms with Gasteiger partial charge in [-0.2, -0.15) is 0 Å². The van der Waals surface area contributed by atoms with Crippen LogP contribution in [0.5, 0.6) is 0 Å². The smallest absolute Gasteiger partial charge is 0.272 e. The fraction of sp³-hybridized carbons (Fsp3) is 0.0645. The molecule has 0 heterocycles. The number of rotatable bonds is 9. The molecule has 4 aromatic rings. The Labute approximate surface area is 248 Å². The number of thioether (sulfide) groups is 1. The van der Waals surface area contributed by atoms with E-state index in [1.54, 1.807) is 67.6 Å². The van der Waals surface area contributed by atoms with Crippen molar-refractivity contribution in [3.8, 4) is 0 Å². The Hall–Kier alpha value is -4.28. The topological polar surface area (TPSA) is 87.3 Å². The van der Waals surface area contributed by atoms with Crippen LogP contribution in [0.2, 0.25) is 0 Å². The van der Waals surface area contributed by atoms with Crippen molar-refractivity contribution in [1.82, 2.24) is 5.32 Å². The molecule has 3 N–H and O–H groups in total. The second-order valence-corrected chi connectivity index (χ2v) is 11.1. The van der Waals surface area contributed by atoms with Crippen LogP contribution in [-0.4, -0.2) is 23.0 Å². The van der Waals surface area contributed by atoms with Crippen LogP contribution in [0.25, 0.3) is 6.08 Å². The molecule has 4 aromatic carbocycles. The SMILES string of the molecule is CC(Sc1ccc(NC(=O)/C(=C/c2ccc(F)cc2)NC(=O)c2ccccc2)cc1)C(=O)Nc1ccc(Br)cc1F. The van der Waals surface area contributed by atoms with Crippen molar-refractivity contribution in [2.75, 3.05) is 10.6 Å². The first-order valence-corrected chi connectivity index (χ1v) is 14.0. The Bertz CT molecular complexity index is 1580. The molecular formula is C31H24BrF2N3O3S. The number of amides is 3. The number of halogens is 3. The summed E-state index contributed by atoms with van der Waals surface area (Å²) in [5, 5.41) is 7.43. The Morgan fingerprint density at radius 1 is 0.854 bits per heavy atom. The lowest BCUT2D eigenvalue weighted by Gasteiger charge is -2.14. The number of carbonyl (C=O) groups excluding carboxylic acids is 3. The van der Waals surface area contributed by atoms with E-state index in [0.29, 0.717) is 21.3 Å².